The van der Waals surface area contributed by atoms with E-state index >= 15 is 0 Å². The molecule has 1 fully saturated rings. The summed E-state index contributed by atoms with van der Waals surface area (Å²) in [5.74, 6) is -1.12. The number of aliphatic hydroxyl groups is 5. The summed E-state index contributed by atoms with van der Waals surface area (Å²) in [5.41, 5.74) is 0. The number of unbranched alkanes of at least 4 members (excludes halogenated alkanes) is 21. The molecule has 356 valence electrons. The highest BCUT2D eigenvalue weighted by molar-refractivity contribution is 7.47. The van der Waals surface area contributed by atoms with Crippen molar-refractivity contribution in [1.29, 1.82) is 0 Å². The molecule has 0 aromatic carbocycles. The molecule has 1 aliphatic carbocycles. The first-order valence-electron chi connectivity index (χ1n) is 23.8. The van der Waals surface area contributed by atoms with E-state index in [1.807, 2.05) is 0 Å². The Morgan fingerprint density at radius 3 is 1.38 bits per heavy atom. The van der Waals surface area contributed by atoms with Crippen molar-refractivity contribution in [2.75, 3.05) is 13.2 Å². The number of phosphoric acid groups is 1. The van der Waals surface area contributed by atoms with E-state index in [1.165, 1.54) is 89.9 Å². The second-order valence-electron chi connectivity index (χ2n) is 16.6. The zero-order valence-electron chi connectivity index (χ0n) is 37.7. The summed E-state index contributed by atoms with van der Waals surface area (Å²) >= 11 is 0. The van der Waals surface area contributed by atoms with Gasteiger partial charge in [0.2, 0.25) is 0 Å². The Kier molecular flexibility index (Phi) is 35.0. The molecule has 1 aliphatic rings. The lowest BCUT2D eigenvalue weighted by atomic mass is 9.85. The van der Waals surface area contributed by atoms with Crippen molar-refractivity contribution in [2.24, 2.45) is 0 Å². The second-order valence-corrected chi connectivity index (χ2v) is 18.0. The molecule has 0 amide bonds. The Morgan fingerprint density at radius 1 is 0.508 bits per heavy atom. The molecule has 14 heteroatoms. The van der Waals surface area contributed by atoms with Crippen LogP contribution in [0.15, 0.2) is 36.5 Å². The van der Waals surface area contributed by atoms with E-state index in [1.54, 1.807) is 0 Å². The molecule has 1 saturated carbocycles. The summed E-state index contributed by atoms with van der Waals surface area (Å²) in [6.45, 7) is 3.26. The van der Waals surface area contributed by atoms with Gasteiger partial charge in [-0.15, -0.1) is 0 Å². The molecule has 0 radical (unpaired) electrons. The lowest BCUT2D eigenvalue weighted by Gasteiger charge is -2.41. The predicted molar refractivity (Wildman–Crippen MR) is 240 cm³/mol. The van der Waals surface area contributed by atoms with Gasteiger partial charge in [-0.25, -0.2) is 4.57 Å². The molecule has 0 heterocycles. The van der Waals surface area contributed by atoms with Crippen LogP contribution < -0.4 is 0 Å². The molecule has 13 nitrogen and oxygen atoms in total. The zero-order valence-corrected chi connectivity index (χ0v) is 38.6. The number of hydrogen-bond donors (Lipinski definition) is 6. The molecule has 0 saturated heterocycles. The fourth-order valence-electron chi connectivity index (χ4n) is 7.12. The SMILES string of the molecule is CCCCCC=CCC=CCC=CCCCCCCC(=O)OC(COC(=O)CCCCCCCCCCCCCCCCC)COP(=O)(O)OC1C(O)C(O)C(O)C(O)C1O. The highest BCUT2D eigenvalue weighted by Gasteiger charge is 2.51. The molecule has 6 N–H and O–H groups in total. The molecule has 0 aromatic rings. The molecule has 1 rings (SSSR count). The van der Waals surface area contributed by atoms with Gasteiger partial charge in [-0.3, -0.25) is 18.6 Å². The minimum absolute atomic E-state index is 0.0725. The topological polar surface area (TPSA) is 210 Å². The van der Waals surface area contributed by atoms with Gasteiger partial charge in [0.15, 0.2) is 6.10 Å². The fourth-order valence-corrected chi connectivity index (χ4v) is 8.09. The van der Waals surface area contributed by atoms with Crippen LogP contribution in [0.3, 0.4) is 0 Å². The van der Waals surface area contributed by atoms with Crippen LogP contribution in [0.5, 0.6) is 0 Å². The van der Waals surface area contributed by atoms with Crippen LogP contribution in [0.4, 0.5) is 0 Å². The van der Waals surface area contributed by atoms with Gasteiger partial charge in [-0.05, 0) is 51.4 Å². The maximum absolute atomic E-state index is 12.8. The summed E-state index contributed by atoms with van der Waals surface area (Å²) < 4.78 is 33.5. The number of aliphatic hydroxyl groups excluding tert-OH is 5. The Bertz CT molecular complexity index is 1210. The van der Waals surface area contributed by atoms with Crippen molar-refractivity contribution >= 4 is 19.8 Å². The molecular weight excluding hydrogens is 803 g/mol. The average molecular weight is 889 g/mol. The molecule has 0 bridgehead atoms. The largest absolute Gasteiger partial charge is 0.472 e. The number of rotatable bonds is 39. The first kappa shape index (κ1) is 57.1. The summed E-state index contributed by atoms with van der Waals surface area (Å²) in [7, 11) is -5.12. The van der Waals surface area contributed by atoms with Gasteiger partial charge in [0, 0.05) is 12.8 Å². The Morgan fingerprint density at radius 2 is 0.885 bits per heavy atom. The fraction of sp³-hybridized carbons (Fsp3) is 0.830. The molecule has 61 heavy (non-hydrogen) atoms. The molecule has 6 unspecified atom stereocenters. The van der Waals surface area contributed by atoms with E-state index in [0.717, 1.165) is 64.2 Å². The molecule has 6 atom stereocenters. The van der Waals surface area contributed by atoms with Crippen LogP contribution in [-0.2, 0) is 32.7 Å². The number of allylic oxidation sites excluding steroid dienone is 6. The van der Waals surface area contributed by atoms with Gasteiger partial charge in [-0.2, -0.15) is 0 Å². The van der Waals surface area contributed by atoms with Crippen molar-refractivity contribution in [3.8, 4) is 0 Å². The zero-order chi connectivity index (χ0) is 45.0. The van der Waals surface area contributed by atoms with Crippen molar-refractivity contribution in [3.05, 3.63) is 36.5 Å². The van der Waals surface area contributed by atoms with Crippen LogP contribution in [0.1, 0.15) is 194 Å². The first-order chi connectivity index (χ1) is 29.4. The van der Waals surface area contributed by atoms with E-state index in [-0.39, 0.29) is 12.8 Å². The number of carbonyl (C=O) groups excluding carboxylic acids is 2. The third-order valence-electron chi connectivity index (χ3n) is 11.0. The highest BCUT2D eigenvalue weighted by atomic mass is 31.2. The molecule has 0 aromatic heterocycles. The Balaban J connectivity index is 2.46. The van der Waals surface area contributed by atoms with Gasteiger partial charge in [0.25, 0.3) is 0 Å². The smallest absolute Gasteiger partial charge is 0.462 e. The van der Waals surface area contributed by atoms with E-state index in [9.17, 15) is 44.6 Å². The van der Waals surface area contributed by atoms with Gasteiger partial charge in [0.1, 0.15) is 43.2 Å². The standard InChI is InChI=1S/C47H85O13P/c1-3-5-7-9-11-13-15-17-19-20-22-24-26-28-30-32-34-36-41(49)59-39(38-58-61(55,56)60-47-45(53)43(51)42(50)44(52)46(47)54)37-57-40(48)35-33-31-29-27-25-23-21-18-16-14-12-10-8-6-4-2/h11,13,17,19,22,24,39,42-47,50-54H,3-10,12,14-16,18,20-21,23,25-38H2,1-2H3,(H,55,56). The minimum atomic E-state index is -5.12. The Labute approximate surface area is 368 Å². The third kappa shape index (κ3) is 30.0. The number of esters is 2. The lowest BCUT2D eigenvalue weighted by molar-refractivity contribution is -0.220. The second kappa shape index (κ2) is 37.4. The summed E-state index contributed by atoms with van der Waals surface area (Å²) in [6, 6.07) is 0. The predicted octanol–water partition coefficient (Wildman–Crippen LogP) is 9.39. The van der Waals surface area contributed by atoms with Crippen LogP contribution in [0.2, 0.25) is 0 Å². The van der Waals surface area contributed by atoms with Gasteiger partial charge in [-0.1, -0.05) is 166 Å². The van der Waals surface area contributed by atoms with E-state index in [4.69, 9.17) is 18.5 Å². The third-order valence-corrected chi connectivity index (χ3v) is 12.0. The van der Waals surface area contributed by atoms with Crippen molar-refractivity contribution < 1.29 is 63.1 Å². The van der Waals surface area contributed by atoms with Gasteiger partial charge < -0.3 is 39.9 Å². The van der Waals surface area contributed by atoms with E-state index in [2.05, 4.69) is 50.3 Å². The number of ether oxygens (including phenoxy) is 2. The average Bonchev–Trinajstić information content (AvgIpc) is 3.24. The molecule has 0 aliphatic heterocycles. The highest BCUT2D eigenvalue weighted by Crippen LogP contribution is 2.47. The summed E-state index contributed by atoms with van der Waals surface area (Å²) in [4.78, 5) is 35.7. The van der Waals surface area contributed by atoms with Crippen LogP contribution in [-0.4, -0.2) is 98.3 Å². The molecule has 0 spiro atoms. The monoisotopic (exact) mass is 889 g/mol. The summed E-state index contributed by atoms with van der Waals surface area (Å²) in [6.07, 6.45) is 29.1. The van der Waals surface area contributed by atoms with Crippen LogP contribution in [0, 0.1) is 0 Å². The number of hydrogen-bond acceptors (Lipinski definition) is 12. The van der Waals surface area contributed by atoms with Gasteiger partial charge in [0.05, 0.1) is 6.61 Å². The normalized spacial score (nSPS) is 22.3. The first-order valence-corrected chi connectivity index (χ1v) is 25.3. The van der Waals surface area contributed by atoms with E-state index < -0.39 is 75.7 Å². The van der Waals surface area contributed by atoms with E-state index in [0.29, 0.717) is 12.8 Å². The van der Waals surface area contributed by atoms with Gasteiger partial charge >= 0.3 is 19.8 Å². The minimum Gasteiger partial charge on any atom is -0.462 e. The van der Waals surface area contributed by atoms with Crippen LogP contribution in [0.25, 0.3) is 0 Å². The lowest BCUT2D eigenvalue weighted by Crippen LogP contribution is -2.64. The van der Waals surface area contributed by atoms with Crippen molar-refractivity contribution in [2.45, 2.75) is 236 Å². The van der Waals surface area contributed by atoms with Crippen LogP contribution >= 0.6 is 7.82 Å². The van der Waals surface area contributed by atoms with Crippen molar-refractivity contribution in [1.82, 2.24) is 0 Å². The summed E-state index contributed by atoms with van der Waals surface area (Å²) in [5, 5.41) is 50.2. The quantitative estimate of drug-likeness (QED) is 0.0147. The maximum atomic E-state index is 12.8. The maximum Gasteiger partial charge on any atom is 0.472 e. The van der Waals surface area contributed by atoms with Crippen molar-refractivity contribution in [3.63, 3.8) is 0 Å². The number of phosphoric ester groups is 1. The Hall–Kier alpha value is -1.93. The number of carbonyl (C=O) groups is 2. The molecular formula is C47H85O13P.